The van der Waals surface area contributed by atoms with E-state index < -0.39 is 5.82 Å². The van der Waals surface area contributed by atoms with Crippen LogP contribution in [-0.2, 0) is 0 Å². The van der Waals surface area contributed by atoms with Gasteiger partial charge in [0.2, 0.25) is 0 Å². The van der Waals surface area contributed by atoms with Gasteiger partial charge in [0, 0.05) is 37.8 Å². The van der Waals surface area contributed by atoms with E-state index in [1.807, 2.05) is 6.07 Å². The fraction of sp³-hybridized carbons (Fsp3) is 0.647. The molecule has 1 saturated heterocycles. The van der Waals surface area contributed by atoms with Gasteiger partial charge in [-0.3, -0.25) is 4.90 Å². The summed E-state index contributed by atoms with van der Waals surface area (Å²) in [5, 5.41) is 13.7. The van der Waals surface area contributed by atoms with Gasteiger partial charge in [-0.25, -0.2) is 4.39 Å². The Labute approximate surface area is 150 Å². The molecule has 0 bridgehead atoms. The largest absolute Gasteiger partial charge is 0.505 e. The molecule has 3 rings (SSSR count). The summed E-state index contributed by atoms with van der Waals surface area (Å²) in [6.07, 6.45) is 4.87. The predicted octanol–water partition coefficient (Wildman–Crippen LogP) is 3.82. The fourth-order valence-electron chi connectivity index (χ4n) is 3.90. The average Bonchev–Trinajstić information content (AvgIpc) is 3.03. The van der Waals surface area contributed by atoms with Crippen LogP contribution < -0.4 is 5.32 Å². The summed E-state index contributed by atoms with van der Waals surface area (Å²) < 4.78 is 14.1. The maximum atomic E-state index is 14.1. The number of hydrogen-bond acceptors (Lipinski definition) is 3. The van der Waals surface area contributed by atoms with Crippen LogP contribution in [0.15, 0.2) is 12.1 Å². The van der Waals surface area contributed by atoms with Gasteiger partial charge in [0.05, 0.1) is 0 Å². The van der Waals surface area contributed by atoms with Gasteiger partial charge in [-0.1, -0.05) is 25.0 Å². The lowest BCUT2D eigenvalue weighted by atomic mass is 9.88. The summed E-state index contributed by atoms with van der Waals surface area (Å²) in [6, 6.07) is 3.89. The van der Waals surface area contributed by atoms with E-state index in [4.69, 9.17) is 0 Å². The zero-order valence-electron chi connectivity index (χ0n) is 13.6. The van der Waals surface area contributed by atoms with Crippen molar-refractivity contribution in [1.82, 2.24) is 10.2 Å². The van der Waals surface area contributed by atoms with Crippen molar-refractivity contribution in [3.05, 3.63) is 29.1 Å². The zero-order valence-corrected chi connectivity index (χ0v) is 15.2. The number of nitrogens with zero attached hydrogens (tertiary/aromatic N) is 1. The van der Waals surface area contributed by atoms with Crippen LogP contribution >= 0.6 is 24.8 Å². The van der Waals surface area contributed by atoms with E-state index in [-0.39, 0.29) is 36.6 Å². The van der Waals surface area contributed by atoms with Crippen LogP contribution in [0.5, 0.6) is 5.75 Å². The second-order valence-corrected chi connectivity index (χ2v) is 6.41. The van der Waals surface area contributed by atoms with E-state index in [2.05, 4.69) is 10.2 Å². The third kappa shape index (κ3) is 4.30. The first-order valence-electron chi connectivity index (χ1n) is 8.11. The van der Waals surface area contributed by atoms with E-state index in [0.29, 0.717) is 11.5 Å². The van der Waals surface area contributed by atoms with Crippen molar-refractivity contribution in [2.24, 2.45) is 5.92 Å². The maximum absolute atomic E-state index is 14.1. The number of benzene rings is 1. The number of phenols is 1. The minimum atomic E-state index is -0.453. The summed E-state index contributed by atoms with van der Waals surface area (Å²) in [5.74, 6) is -0.0489. The fourth-order valence-corrected chi connectivity index (χ4v) is 3.90. The molecule has 2 N–H and O–H groups in total. The number of hydrogen-bond donors (Lipinski definition) is 2. The Balaban J connectivity index is 0.00000132. The van der Waals surface area contributed by atoms with Crippen LogP contribution in [0.1, 0.15) is 42.9 Å². The molecule has 2 aliphatic rings. The molecule has 0 radical (unpaired) electrons. The van der Waals surface area contributed by atoms with Gasteiger partial charge < -0.3 is 10.4 Å². The Morgan fingerprint density at radius 2 is 1.78 bits per heavy atom. The van der Waals surface area contributed by atoms with Gasteiger partial charge in [0.1, 0.15) is 0 Å². The molecule has 0 unspecified atom stereocenters. The van der Waals surface area contributed by atoms with E-state index >= 15 is 0 Å². The molecular formula is C17H27Cl2FN2O. The topological polar surface area (TPSA) is 35.5 Å². The number of rotatable bonds is 3. The number of piperazine rings is 1. The van der Waals surface area contributed by atoms with Crippen LogP contribution in [-0.4, -0.2) is 36.2 Å². The smallest absolute Gasteiger partial charge is 0.168 e. The molecule has 0 amide bonds. The van der Waals surface area contributed by atoms with Crippen LogP contribution in [0.3, 0.4) is 0 Å². The van der Waals surface area contributed by atoms with Crippen molar-refractivity contribution in [2.75, 3.05) is 26.2 Å². The molecule has 0 spiro atoms. The van der Waals surface area contributed by atoms with Crippen molar-refractivity contribution in [1.29, 1.82) is 0 Å². The summed E-state index contributed by atoms with van der Waals surface area (Å²) in [5.41, 5.74) is 1.30. The maximum Gasteiger partial charge on any atom is 0.168 e. The summed E-state index contributed by atoms with van der Waals surface area (Å²) in [6.45, 7) is 5.58. The normalized spacial score (nSPS) is 20.6. The van der Waals surface area contributed by atoms with Gasteiger partial charge in [-0.15, -0.1) is 24.8 Å². The lowest BCUT2D eigenvalue weighted by Crippen LogP contribution is -2.46. The highest BCUT2D eigenvalue weighted by Gasteiger charge is 2.34. The SMILES string of the molecule is Cc1ccc([C@H](C2CCCC2)N2CCNCC2)c(O)c1F.Cl.Cl. The van der Waals surface area contributed by atoms with Crippen molar-refractivity contribution in [3.63, 3.8) is 0 Å². The minimum Gasteiger partial charge on any atom is -0.505 e. The van der Waals surface area contributed by atoms with Crippen molar-refractivity contribution >= 4 is 24.8 Å². The quantitative estimate of drug-likeness (QED) is 0.855. The lowest BCUT2D eigenvalue weighted by Gasteiger charge is -2.39. The molecule has 132 valence electrons. The molecule has 3 nitrogen and oxygen atoms in total. The van der Waals surface area contributed by atoms with Crippen molar-refractivity contribution < 1.29 is 9.50 Å². The molecular weight excluding hydrogens is 338 g/mol. The molecule has 23 heavy (non-hydrogen) atoms. The zero-order chi connectivity index (χ0) is 14.8. The second-order valence-electron chi connectivity index (χ2n) is 6.41. The molecule has 1 aromatic rings. The predicted molar refractivity (Wildman–Crippen MR) is 96.4 cm³/mol. The van der Waals surface area contributed by atoms with E-state index in [1.165, 1.54) is 25.7 Å². The van der Waals surface area contributed by atoms with E-state index in [1.54, 1.807) is 13.0 Å². The standard InChI is InChI=1S/C17H25FN2O.2ClH/c1-12-6-7-14(17(21)15(12)18)16(13-4-2-3-5-13)20-10-8-19-9-11-20;;/h6-7,13,16,19,21H,2-5,8-11H2,1H3;2*1H/t16-;;/m0../s1. The number of phenolic OH excluding ortho intramolecular Hbond substituents is 1. The lowest BCUT2D eigenvalue weighted by molar-refractivity contribution is 0.123. The highest BCUT2D eigenvalue weighted by Crippen LogP contribution is 2.43. The number of halogens is 3. The third-order valence-electron chi connectivity index (χ3n) is 5.05. The third-order valence-corrected chi connectivity index (χ3v) is 5.05. The highest BCUT2D eigenvalue weighted by atomic mass is 35.5. The number of aryl methyl sites for hydroxylation is 1. The summed E-state index contributed by atoms with van der Waals surface area (Å²) >= 11 is 0. The number of nitrogens with one attached hydrogen (secondary N) is 1. The summed E-state index contributed by atoms with van der Waals surface area (Å²) in [7, 11) is 0. The van der Waals surface area contributed by atoms with Gasteiger partial charge in [0.25, 0.3) is 0 Å². The molecule has 6 heteroatoms. The van der Waals surface area contributed by atoms with Gasteiger partial charge in [0.15, 0.2) is 11.6 Å². The monoisotopic (exact) mass is 364 g/mol. The summed E-state index contributed by atoms with van der Waals surface area (Å²) in [4.78, 5) is 2.43. The van der Waals surface area contributed by atoms with Gasteiger partial charge >= 0.3 is 0 Å². The Bertz CT molecular complexity index is 504. The van der Waals surface area contributed by atoms with Crippen LogP contribution in [0.2, 0.25) is 0 Å². The van der Waals surface area contributed by atoms with Crippen molar-refractivity contribution in [2.45, 2.75) is 38.6 Å². The molecule has 1 saturated carbocycles. The van der Waals surface area contributed by atoms with Gasteiger partial charge in [-0.2, -0.15) is 0 Å². The first kappa shape index (κ1) is 20.5. The van der Waals surface area contributed by atoms with E-state index in [0.717, 1.165) is 31.7 Å². The molecule has 0 aromatic heterocycles. The molecule has 1 aromatic carbocycles. The van der Waals surface area contributed by atoms with Crippen molar-refractivity contribution in [3.8, 4) is 5.75 Å². The Hall–Kier alpha value is -0.550. The average molecular weight is 365 g/mol. The second kappa shape index (κ2) is 9.07. The molecule has 1 aliphatic carbocycles. The van der Waals surface area contributed by atoms with E-state index in [9.17, 15) is 9.50 Å². The Morgan fingerprint density at radius 1 is 1.17 bits per heavy atom. The number of aromatic hydroxyl groups is 1. The molecule has 1 heterocycles. The first-order chi connectivity index (χ1) is 10.2. The first-order valence-corrected chi connectivity index (χ1v) is 8.11. The molecule has 2 fully saturated rings. The van der Waals surface area contributed by atoms with Crippen LogP contribution in [0.25, 0.3) is 0 Å². The highest BCUT2D eigenvalue weighted by molar-refractivity contribution is 5.85. The van der Waals surface area contributed by atoms with Crippen LogP contribution in [0.4, 0.5) is 4.39 Å². The minimum absolute atomic E-state index is 0. The Morgan fingerprint density at radius 3 is 2.39 bits per heavy atom. The molecule has 1 atom stereocenters. The molecule has 1 aliphatic heterocycles. The van der Waals surface area contributed by atoms with Crippen LogP contribution in [0, 0.1) is 18.7 Å². The Kier molecular flexibility index (Phi) is 8.08. The van der Waals surface area contributed by atoms with Gasteiger partial charge in [-0.05, 0) is 31.2 Å².